The Morgan fingerprint density at radius 2 is 2.25 bits per heavy atom. The van der Waals surface area contributed by atoms with E-state index in [4.69, 9.17) is 5.11 Å². The molecule has 0 aliphatic carbocycles. The monoisotopic (exact) mass is 221 g/mol. The minimum atomic E-state index is -0.814. The van der Waals surface area contributed by atoms with Crippen molar-refractivity contribution in [2.45, 2.75) is 19.8 Å². The molecule has 1 aromatic heterocycles. The Morgan fingerprint density at radius 3 is 2.81 bits per heavy atom. The molecule has 4 nitrogen and oxygen atoms in total. The van der Waals surface area contributed by atoms with Crippen LogP contribution in [0.4, 0.5) is 0 Å². The molecule has 0 saturated heterocycles. The summed E-state index contributed by atoms with van der Waals surface area (Å²) in [6.45, 7) is 5.31. The van der Waals surface area contributed by atoms with E-state index >= 15 is 0 Å². The first kappa shape index (κ1) is 12.2. The van der Waals surface area contributed by atoms with Gasteiger partial charge in [0.1, 0.15) is 5.76 Å². The summed E-state index contributed by atoms with van der Waals surface area (Å²) in [6, 6.07) is 1.77. The van der Waals surface area contributed by atoms with Crippen molar-refractivity contribution in [1.82, 2.24) is 4.98 Å². The Balaban J connectivity index is 2.80. The van der Waals surface area contributed by atoms with Gasteiger partial charge in [-0.15, -0.1) is 0 Å². The van der Waals surface area contributed by atoms with Gasteiger partial charge in [0.15, 0.2) is 0 Å². The molecular formula is C12H15NO3. The van der Waals surface area contributed by atoms with Crippen LogP contribution < -0.4 is 0 Å². The van der Waals surface area contributed by atoms with E-state index in [2.05, 4.69) is 11.6 Å². The van der Waals surface area contributed by atoms with Crippen molar-refractivity contribution in [3.63, 3.8) is 0 Å². The number of aliphatic hydroxyl groups is 1. The number of aliphatic hydroxyl groups excluding tert-OH is 1. The molecule has 0 amide bonds. The quantitative estimate of drug-likeness (QED) is 0.748. The van der Waals surface area contributed by atoms with E-state index in [1.54, 1.807) is 12.3 Å². The number of nitrogens with zero attached hydrogens (tertiary/aromatic N) is 1. The lowest BCUT2D eigenvalue weighted by Crippen LogP contribution is -2.08. The molecule has 1 rings (SSSR count). The second-order valence-electron chi connectivity index (χ2n) is 3.89. The molecule has 0 aliphatic heterocycles. The van der Waals surface area contributed by atoms with Crippen LogP contribution in [0.1, 0.15) is 24.5 Å². The largest absolute Gasteiger partial charge is 0.508 e. The van der Waals surface area contributed by atoms with Gasteiger partial charge in [-0.05, 0) is 24.0 Å². The summed E-state index contributed by atoms with van der Waals surface area (Å²) in [6.07, 6.45) is 3.85. The number of aliphatic carboxylic acids is 1. The van der Waals surface area contributed by atoms with E-state index in [1.807, 2.05) is 6.92 Å². The first-order chi connectivity index (χ1) is 7.50. The van der Waals surface area contributed by atoms with Gasteiger partial charge in [-0.2, -0.15) is 0 Å². The van der Waals surface area contributed by atoms with Crippen LogP contribution in [0.5, 0.6) is 0 Å². The van der Waals surface area contributed by atoms with E-state index in [0.717, 1.165) is 5.56 Å². The highest BCUT2D eigenvalue weighted by Crippen LogP contribution is 2.19. The molecule has 0 radical (unpaired) electrons. The third-order valence-electron chi connectivity index (χ3n) is 2.31. The predicted molar refractivity (Wildman–Crippen MR) is 61.0 cm³/mol. The van der Waals surface area contributed by atoms with Crippen LogP contribution in [0.3, 0.4) is 0 Å². The molecular weight excluding hydrogens is 206 g/mol. The van der Waals surface area contributed by atoms with Gasteiger partial charge in [-0.1, -0.05) is 13.5 Å². The fourth-order valence-electron chi connectivity index (χ4n) is 1.61. The summed E-state index contributed by atoms with van der Waals surface area (Å²) < 4.78 is 0. The van der Waals surface area contributed by atoms with Crippen molar-refractivity contribution < 1.29 is 15.0 Å². The van der Waals surface area contributed by atoms with E-state index in [1.165, 1.54) is 6.20 Å². The molecule has 1 heterocycles. The van der Waals surface area contributed by atoms with Gasteiger partial charge < -0.3 is 10.2 Å². The number of aromatic nitrogens is 1. The average Bonchev–Trinajstić information content (AvgIpc) is 2.16. The summed E-state index contributed by atoms with van der Waals surface area (Å²) in [5.41, 5.74) is 1.45. The Bertz CT molecular complexity index is 401. The highest BCUT2D eigenvalue weighted by molar-refractivity contribution is 5.67. The number of hydrogen-bond donors (Lipinski definition) is 2. The molecule has 0 spiro atoms. The van der Waals surface area contributed by atoms with Crippen molar-refractivity contribution in [3.05, 3.63) is 36.2 Å². The number of hydrogen-bond acceptors (Lipinski definition) is 3. The Morgan fingerprint density at radius 1 is 1.56 bits per heavy atom. The van der Waals surface area contributed by atoms with E-state index in [9.17, 15) is 9.90 Å². The lowest BCUT2D eigenvalue weighted by Gasteiger charge is -2.11. The molecule has 1 aromatic rings. The van der Waals surface area contributed by atoms with Crippen LogP contribution in [0.25, 0.3) is 5.76 Å². The van der Waals surface area contributed by atoms with Gasteiger partial charge >= 0.3 is 5.97 Å². The summed E-state index contributed by atoms with van der Waals surface area (Å²) in [7, 11) is 0. The van der Waals surface area contributed by atoms with Gasteiger partial charge in [-0.3, -0.25) is 9.78 Å². The molecule has 16 heavy (non-hydrogen) atoms. The Hall–Kier alpha value is -1.84. The standard InChI is InChI=1S/C12H15NO3/c1-8(6-12(15)16)5-10-3-4-13-7-11(10)9(2)14/h3-4,7-8,14H,2,5-6H2,1H3,(H,15,16). The minimum Gasteiger partial charge on any atom is -0.508 e. The van der Waals surface area contributed by atoms with Crippen molar-refractivity contribution in [2.75, 3.05) is 0 Å². The maximum atomic E-state index is 10.5. The number of pyridine rings is 1. The second kappa shape index (κ2) is 5.30. The fraction of sp³-hybridized carbons (Fsp3) is 0.333. The first-order valence-electron chi connectivity index (χ1n) is 5.03. The van der Waals surface area contributed by atoms with Crippen molar-refractivity contribution in [2.24, 2.45) is 5.92 Å². The van der Waals surface area contributed by atoms with Gasteiger partial charge in [0.2, 0.25) is 0 Å². The summed E-state index contributed by atoms with van der Waals surface area (Å²) in [5, 5.41) is 18.0. The van der Waals surface area contributed by atoms with E-state index in [-0.39, 0.29) is 18.1 Å². The fourth-order valence-corrected chi connectivity index (χ4v) is 1.61. The molecule has 86 valence electrons. The minimum absolute atomic E-state index is 0.0120. The van der Waals surface area contributed by atoms with Crippen LogP contribution in [-0.2, 0) is 11.2 Å². The normalized spacial score (nSPS) is 12.1. The molecule has 1 atom stereocenters. The van der Waals surface area contributed by atoms with Gasteiger partial charge in [0.25, 0.3) is 0 Å². The number of carbonyl (C=O) groups is 1. The zero-order valence-corrected chi connectivity index (χ0v) is 9.18. The lowest BCUT2D eigenvalue weighted by molar-refractivity contribution is -0.137. The molecule has 0 bridgehead atoms. The molecule has 0 saturated carbocycles. The van der Waals surface area contributed by atoms with Crippen molar-refractivity contribution in [1.29, 1.82) is 0 Å². The highest BCUT2D eigenvalue weighted by atomic mass is 16.4. The van der Waals surface area contributed by atoms with Crippen molar-refractivity contribution in [3.8, 4) is 0 Å². The summed E-state index contributed by atoms with van der Waals surface area (Å²) >= 11 is 0. The molecule has 0 aliphatic rings. The second-order valence-corrected chi connectivity index (χ2v) is 3.89. The Labute approximate surface area is 94.3 Å². The van der Waals surface area contributed by atoms with E-state index in [0.29, 0.717) is 12.0 Å². The van der Waals surface area contributed by atoms with Crippen LogP contribution in [0.2, 0.25) is 0 Å². The number of rotatable bonds is 5. The smallest absolute Gasteiger partial charge is 0.303 e. The zero-order chi connectivity index (χ0) is 12.1. The molecule has 0 fully saturated rings. The molecule has 1 unspecified atom stereocenters. The van der Waals surface area contributed by atoms with Crippen LogP contribution in [0, 0.1) is 5.92 Å². The highest BCUT2D eigenvalue weighted by Gasteiger charge is 2.12. The van der Waals surface area contributed by atoms with Crippen LogP contribution in [0.15, 0.2) is 25.0 Å². The number of carboxylic acids is 1. The first-order valence-corrected chi connectivity index (χ1v) is 5.03. The van der Waals surface area contributed by atoms with Gasteiger partial charge in [-0.25, -0.2) is 0 Å². The number of carboxylic acid groups (broad SMARTS) is 1. The molecule has 0 aromatic carbocycles. The third-order valence-corrected chi connectivity index (χ3v) is 2.31. The maximum absolute atomic E-state index is 10.5. The maximum Gasteiger partial charge on any atom is 0.303 e. The SMILES string of the molecule is C=C(O)c1cnccc1CC(C)CC(=O)O. The zero-order valence-electron chi connectivity index (χ0n) is 9.18. The van der Waals surface area contributed by atoms with Crippen molar-refractivity contribution >= 4 is 11.7 Å². The average molecular weight is 221 g/mol. The van der Waals surface area contributed by atoms with E-state index < -0.39 is 5.97 Å². The van der Waals surface area contributed by atoms with Crippen LogP contribution in [-0.4, -0.2) is 21.2 Å². The lowest BCUT2D eigenvalue weighted by atomic mass is 9.95. The predicted octanol–water partition coefficient (Wildman–Crippen LogP) is 2.26. The molecule has 2 N–H and O–H groups in total. The molecule has 4 heteroatoms. The Kier molecular flexibility index (Phi) is 4.05. The van der Waals surface area contributed by atoms with Gasteiger partial charge in [0, 0.05) is 24.4 Å². The third kappa shape index (κ3) is 3.38. The topological polar surface area (TPSA) is 70.4 Å². The van der Waals surface area contributed by atoms with Crippen LogP contribution >= 0.6 is 0 Å². The summed E-state index contributed by atoms with van der Waals surface area (Å²) in [5.74, 6) is -0.838. The summed E-state index contributed by atoms with van der Waals surface area (Å²) in [4.78, 5) is 14.4. The van der Waals surface area contributed by atoms with Gasteiger partial charge in [0.05, 0.1) is 0 Å².